The highest BCUT2D eigenvalue weighted by Gasteiger charge is 2.48. The Morgan fingerprint density at radius 1 is 1.18 bits per heavy atom. The third-order valence-electron chi connectivity index (χ3n) is 3.79. The first-order valence-electron chi connectivity index (χ1n) is 8.02. The number of carbonyl (C=O) groups is 3. The molecule has 1 fully saturated rings. The maximum Gasteiger partial charge on any atom is 0.335 e. The number of carbonyl (C=O) groups excluding carboxylic acids is 2. The van der Waals surface area contributed by atoms with Crippen LogP contribution >= 0.6 is 0 Å². The summed E-state index contributed by atoms with van der Waals surface area (Å²) in [7, 11) is 4.90. The SMILES string of the molecule is [B]C(=O)OCc1ccc(OC2OC(C(=O)O)C(O)C(O)C2O)c(NC(C)=O)c1. The minimum atomic E-state index is -1.87. The normalized spacial score (nSPS) is 26.9. The molecule has 1 heterocycles. The average molecular weight is 395 g/mol. The summed E-state index contributed by atoms with van der Waals surface area (Å²) in [4.78, 5) is 33.3. The van der Waals surface area contributed by atoms with E-state index in [1.54, 1.807) is 0 Å². The zero-order valence-electron chi connectivity index (χ0n) is 14.6. The number of rotatable bonds is 6. The van der Waals surface area contributed by atoms with Crippen LogP contribution in [-0.4, -0.2) is 76.7 Å². The monoisotopic (exact) mass is 395 g/mol. The van der Waals surface area contributed by atoms with Crippen LogP contribution in [0.25, 0.3) is 0 Å². The highest BCUT2D eigenvalue weighted by atomic mass is 16.7. The van der Waals surface area contributed by atoms with E-state index < -0.39 is 48.5 Å². The standard InChI is InChI=1S/C16H18BNO10/c1-6(19)18-8-4-7(5-26-16(17)25)2-3-9(8)27-15-12(22)10(20)11(21)13(28-15)14(23)24/h2-4,10-13,15,20-22H,5H2,1H3,(H,18,19)(H,23,24). The number of carboxylic acid groups (broad SMARTS) is 1. The second-order valence-corrected chi connectivity index (χ2v) is 5.97. The van der Waals surface area contributed by atoms with Gasteiger partial charge in [-0.25, -0.2) is 4.79 Å². The van der Waals surface area contributed by atoms with Gasteiger partial charge in [-0.1, -0.05) is 6.07 Å². The van der Waals surface area contributed by atoms with E-state index in [1.807, 2.05) is 0 Å². The minimum Gasteiger partial charge on any atom is -0.479 e. The molecule has 2 rings (SSSR count). The fourth-order valence-corrected chi connectivity index (χ4v) is 2.49. The van der Waals surface area contributed by atoms with Gasteiger partial charge in [-0.15, -0.1) is 0 Å². The number of aliphatic hydroxyl groups excluding tert-OH is 3. The molecule has 150 valence electrons. The molecule has 28 heavy (non-hydrogen) atoms. The van der Waals surface area contributed by atoms with E-state index in [4.69, 9.17) is 22.4 Å². The van der Waals surface area contributed by atoms with Crippen molar-refractivity contribution in [1.29, 1.82) is 0 Å². The number of amides is 1. The van der Waals surface area contributed by atoms with Crippen LogP contribution in [0.1, 0.15) is 12.5 Å². The topological polar surface area (TPSA) is 172 Å². The van der Waals surface area contributed by atoms with Gasteiger partial charge in [-0.05, 0) is 17.7 Å². The highest BCUT2D eigenvalue weighted by molar-refractivity contribution is 6.55. The molecule has 1 aromatic carbocycles. The predicted molar refractivity (Wildman–Crippen MR) is 91.6 cm³/mol. The summed E-state index contributed by atoms with van der Waals surface area (Å²) in [5, 5.41) is 41.1. The summed E-state index contributed by atoms with van der Waals surface area (Å²) in [6.45, 7) is 1.04. The van der Waals surface area contributed by atoms with E-state index in [1.165, 1.54) is 25.1 Å². The second-order valence-electron chi connectivity index (χ2n) is 5.97. The first-order valence-corrected chi connectivity index (χ1v) is 8.02. The minimum absolute atomic E-state index is 0.0326. The number of hydrogen-bond acceptors (Lipinski definition) is 9. The van der Waals surface area contributed by atoms with E-state index in [2.05, 4.69) is 10.1 Å². The van der Waals surface area contributed by atoms with Gasteiger partial charge in [0.2, 0.25) is 25.9 Å². The Bertz CT molecular complexity index is 757. The number of nitrogens with one attached hydrogen (secondary N) is 1. The van der Waals surface area contributed by atoms with E-state index in [0.29, 0.717) is 5.56 Å². The van der Waals surface area contributed by atoms with Gasteiger partial charge in [-0.2, -0.15) is 0 Å². The molecule has 0 aromatic heterocycles. The Hall–Kier alpha value is -2.67. The number of carboxylic acids is 1. The molecule has 1 aliphatic heterocycles. The Morgan fingerprint density at radius 2 is 1.86 bits per heavy atom. The molecule has 1 amide bonds. The van der Waals surface area contributed by atoms with Crippen molar-refractivity contribution >= 4 is 31.3 Å². The first-order chi connectivity index (χ1) is 13.1. The Kier molecular flexibility index (Phi) is 6.97. The van der Waals surface area contributed by atoms with Crippen molar-refractivity contribution in [2.24, 2.45) is 0 Å². The molecular weight excluding hydrogens is 377 g/mol. The maximum absolute atomic E-state index is 11.4. The summed E-state index contributed by atoms with van der Waals surface area (Å²) >= 11 is 0. The molecule has 0 spiro atoms. The molecule has 0 aliphatic carbocycles. The summed E-state index contributed by atoms with van der Waals surface area (Å²) in [5.74, 6) is -3.06. The van der Waals surface area contributed by atoms with Crippen LogP contribution < -0.4 is 10.1 Å². The van der Waals surface area contributed by atoms with E-state index in [-0.39, 0.29) is 18.0 Å². The molecule has 0 saturated carbocycles. The number of aliphatic carboxylic acids is 1. The molecule has 5 N–H and O–H groups in total. The summed E-state index contributed by atoms with van der Waals surface area (Å²) in [5.41, 5.74) is 0.542. The van der Waals surface area contributed by atoms with Gasteiger partial charge >= 0.3 is 5.97 Å². The molecule has 0 bridgehead atoms. The molecular formula is C16H18BNO10. The lowest BCUT2D eigenvalue weighted by Crippen LogP contribution is -2.61. The third-order valence-corrected chi connectivity index (χ3v) is 3.79. The Labute approximate surface area is 160 Å². The summed E-state index contributed by atoms with van der Waals surface area (Å²) < 4.78 is 15.1. The number of ether oxygens (including phenoxy) is 3. The van der Waals surface area contributed by atoms with Crippen molar-refractivity contribution in [1.82, 2.24) is 0 Å². The van der Waals surface area contributed by atoms with Crippen LogP contribution in [0.4, 0.5) is 10.5 Å². The lowest BCUT2D eigenvalue weighted by Gasteiger charge is -2.38. The van der Waals surface area contributed by atoms with Gasteiger partial charge in [0, 0.05) is 6.92 Å². The second kappa shape index (κ2) is 9.02. The number of benzene rings is 1. The smallest absolute Gasteiger partial charge is 0.335 e. The van der Waals surface area contributed by atoms with E-state index >= 15 is 0 Å². The zero-order chi connectivity index (χ0) is 21.0. The fourth-order valence-electron chi connectivity index (χ4n) is 2.49. The third kappa shape index (κ3) is 5.20. The van der Waals surface area contributed by atoms with Crippen LogP contribution in [0.3, 0.4) is 0 Å². The lowest BCUT2D eigenvalue weighted by molar-refractivity contribution is -0.271. The van der Waals surface area contributed by atoms with Crippen LogP contribution in [0.15, 0.2) is 18.2 Å². The van der Waals surface area contributed by atoms with Crippen molar-refractivity contribution < 1.29 is 49.0 Å². The molecule has 1 saturated heterocycles. The van der Waals surface area contributed by atoms with Crippen molar-refractivity contribution in [3.05, 3.63) is 23.8 Å². The lowest BCUT2D eigenvalue weighted by atomic mass is 9.99. The van der Waals surface area contributed by atoms with Crippen molar-refractivity contribution in [3.8, 4) is 5.75 Å². The largest absolute Gasteiger partial charge is 0.479 e. The summed E-state index contributed by atoms with van der Waals surface area (Å²) in [6, 6.07) is 4.20. The van der Waals surface area contributed by atoms with Crippen LogP contribution in [0, 0.1) is 0 Å². The molecule has 1 aliphatic rings. The van der Waals surface area contributed by atoms with Gasteiger partial charge in [0.1, 0.15) is 30.7 Å². The van der Waals surface area contributed by atoms with Crippen LogP contribution in [-0.2, 0) is 25.7 Å². The van der Waals surface area contributed by atoms with Crippen molar-refractivity contribution in [2.45, 2.75) is 44.2 Å². The zero-order valence-corrected chi connectivity index (χ0v) is 14.6. The van der Waals surface area contributed by atoms with Crippen LogP contribution in [0.2, 0.25) is 0 Å². The quantitative estimate of drug-likeness (QED) is 0.365. The molecule has 11 nitrogen and oxygen atoms in total. The van der Waals surface area contributed by atoms with E-state index in [9.17, 15) is 29.7 Å². The van der Waals surface area contributed by atoms with Gasteiger partial charge in [0.05, 0.1) is 5.69 Å². The highest BCUT2D eigenvalue weighted by Crippen LogP contribution is 2.31. The van der Waals surface area contributed by atoms with Gasteiger partial charge in [-0.3, -0.25) is 9.59 Å². The van der Waals surface area contributed by atoms with Gasteiger partial charge in [0.25, 0.3) is 0 Å². The van der Waals surface area contributed by atoms with Crippen molar-refractivity contribution in [3.63, 3.8) is 0 Å². The predicted octanol–water partition coefficient (Wildman–Crippen LogP) is -1.28. The van der Waals surface area contributed by atoms with Crippen LogP contribution in [0.5, 0.6) is 5.75 Å². The maximum atomic E-state index is 11.4. The van der Waals surface area contributed by atoms with Gasteiger partial charge in [0.15, 0.2) is 6.10 Å². The molecule has 5 unspecified atom stereocenters. The molecule has 5 atom stereocenters. The fraction of sp³-hybridized carbons (Fsp3) is 0.438. The molecule has 12 heteroatoms. The van der Waals surface area contributed by atoms with E-state index in [0.717, 1.165) is 0 Å². The Morgan fingerprint density at radius 3 is 2.43 bits per heavy atom. The van der Waals surface area contributed by atoms with Crippen molar-refractivity contribution in [2.75, 3.05) is 5.32 Å². The molecule has 2 radical (unpaired) electrons. The number of anilines is 1. The van der Waals surface area contributed by atoms with Gasteiger partial charge < -0.3 is 40.0 Å². The average Bonchev–Trinajstić information content (AvgIpc) is 2.61. The number of hydrogen-bond donors (Lipinski definition) is 5. The summed E-state index contributed by atoms with van der Waals surface area (Å²) in [6.07, 6.45) is -8.97. The Balaban J connectivity index is 2.26. The molecule has 1 aromatic rings. The number of aliphatic hydroxyl groups is 3. The first kappa shape index (κ1) is 21.6.